The van der Waals surface area contributed by atoms with Gasteiger partial charge in [-0.25, -0.2) is 0 Å². The van der Waals surface area contributed by atoms with Gasteiger partial charge in [-0.15, -0.1) is 0 Å². The molecule has 1 heterocycles. The Kier molecular flexibility index (Phi) is 4.61. The summed E-state index contributed by atoms with van der Waals surface area (Å²) in [5, 5.41) is 0.916. The molecular formula is C21H22N2O. The second-order valence-electron chi connectivity index (χ2n) is 5.81. The van der Waals surface area contributed by atoms with Crippen molar-refractivity contribution in [3.05, 3.63) is 65.9 Å². The van der Waals surface area contributed by atoms with E-state index in [2.05, 4.69) is 0 Å². The molecule has 0 aliphatic rings. The van der Waals surface area contributed by atoms with Gasteiger partial charge in [-0.3, -0.25) is 9.78 Å². The van der Waals surface area contributed by atoms with Gasteiger partial charge in [0, 0.05) is 29.7 Å². The first-order valence-electron chi connectivity index (χ1n) is 8.41. The number of amides is 1. The highest BCUT2D eigenvalue weighted by Crippen LogP contribution is 2.32. The average molecular weight is 318 g/mol. The van der Waals surface area contributed by atoms with Crippen LogP contribution in [0.4, 0.5) is 0 Å². The van der Waals surface area contributed by atoms with Crippen molar-refractivity contribution in [1.82, 2.24) is 9.88 Å². The first kappa shape index (κ1) is 16.2. The van der Waals surface area contributed by atoms with E-state index in [1.807, 2.05) is 80.3 Å². The minimum Gasteiger partial charge on any atom is -0.339 e. The highest BCUT2D eigenvalue weighted by molar-refractivity contribution is 6.12. The SMILES string of the molecule is CCN(CC)C(=O)c1c(-c2ccccc2)c(C)nc2ccccc12. The van der Waals surface area contributed by atoms with Crippen molar-refractivity contribution in [3.8, 4) is 11.1 Å². The number of nitrogens with zero attached hydrogens (tertiary/aromatic N) is 2. The number of benzene rings is 2. The molecule has 3 nitrogen and oxygen atoms in total. The molecule has 0 N–H and O–H groups in total. The van der Waals surface area contributed by atoms with E-state index < -0.39 is 0 Å². The normalized spacial score (nSPS) is 10.8. The van der Waals surface area contributed by atoms with Crippen molar-refractivity contribution in [2.45, 2.75) is 20.8 Å². The smallest absolute Gasteiger partial charge is 0.255 e. The number of aromatic nitrogens is 1. The van der Waals surface area contributed by atoms with E-state index >= 15 is 0 Å². The summed E-state index contributed by atoms with van der Waals surface area (Å²) in [5.74, 6) is 0.0700. The Balaban J connectivity index is 2.36. The maximum atomic E-state index is 13.3. The van der Waals surface area contributed by atoms with Gasteiger partial charge in [0.1, 0.15) is 0 Å². The third-order valence-electron chi connectivity index (χ3n) is 4.40. The van der Waals surface area contributed by atoms with E-state index in [4.69, 9.17) is 4.98 Å². The van der Waals surface area contributed by atoms with E-state index in [-0.39, 0.29) is 5.91 Å². The van der Waals surface area contributed by atoms with Gasteiger partial charge >= 0.3 is 0 Å². The Morgan fingerprint density at radius 2 is 1.58 bits per heavy atom. The van der Waals surface area contributed by atoms with Crippen molar-refractivity contribution in [1.29, 1.82) is 0 Å². The van der Waals surface area contributed by atoms with Crippen LogP contribution in [-0.4, -0.2) is 28.9 Å². The quantitative estimate of drug-likeness (QED) is 0.699. The van der Waals surface area contributed by atoms with E-state index in [1.54, 1.807) is 0 Å². The largest absolute Gasteiger partial charge is 0.339 e. The molecular weight excluding hydrogens is 296 g/mol. The van der Waals surface area contributed by atoms with E-state index in [0.717, 1.165) is 33.3 Å². The Morgan fingerprint density at radius 1 is 0.958 bits per heavy atom. The molecule has 0 radical (unpaired) electrons. The van der Waals surface area contributed by atoms with Gasteiger partial charge in [0.25, 0.3) is 5.91 Å². The summed E-state index contributed by atoms with van der Waals surface area (Å²) in [5.41, 5.74) is 4.48. The minimum absolute atomic E-state index is 0.0700. The molecule has 0 saturated heterocycles. The van der Waals surface area contributed by atoms with Crippen LogP contribution in [0.3, 0.4) is 0 Å². The molecule has 0 atom stereocenters. The zero-order valence-electron chi connectivity index (χ0n) is 14.4. The van der Waals surface area contributed by atoms with Crippen molar-refractivity contribution < 1.29 is 4.79 Å². The molecule has 0 unspecified atom stereocenters. The zero-order valence-corrected chi connectivity index (χ0v) is 14.4. The maximum Gasteiger partial charge on any atom is 0.255 e. The lowest BCUT2D eigenvalue weighted by atomic mass is 9.94. The molecule has 0 aliphatic heterocycles. The average Bonchev–Trinajstić information content (AvgIpc) is 2.62. The van der Waals surface area contributed by atoms with Gasteiger partial charge in [-0.1, -0.05) is 48.5 Å². The molecule has 0 bridgehead atoms. The summed E-state index contributed by atoms with van der Waals surface area (Å²) in [6.45, 7) is 7.39. The van der Waals surface area contributed by atoms with Crippen molar-refractivity contribution >= 4 is 16.8 Å². The number of hydrogen-bond acceptors (Lipinski definition) is 2. The van der Waals surface area contributed by atoms with Crippen LogP contribution in [-0.2, 0) is 0 Å². The highest BCUT2D eigenvalue weighted by atomic mass is 16.2. The van der Waals surface area contributed by atoms with Crippen LogP contribution in [0.2, 0.25) is 0 Å². The van der Waals surface area contributed by atoms with Gasteiger partial charge in [-0.05, 0) is 32.4 Å². The molecule has 0 aliphatic carbocycles. The minimum atomic E-state index is 0.0700. The second kappa shape index (κ2) is 6.83. The van der Waals surface area contributed by atoms with E-state index in [9.17, 15) is 4.79 Å². The number of hydrogen-bond donors (Lipinski definition) is 0. The third kappa shape index (κ3) is 2.78. The molecule has 3 heteroatoms. The molecule has 0 spiro atoms. The van der Waals surface area contributed by atoms with Gasteiger partial charge in [-0.2, -0.15) is 0 Å². The third-order valence-corrected chi connectivity index (χ3v) is 4.40. The summed E-state index contributed by atoms with van der Waals surface area (Å²) in [6, 6.07) is 17.9. The molecule has 122 valence electrons. The maximum absolute atomic E-state index is 13.3. The van der Waals surface area contributed by atoms with Crippen LogP contribution < -0.4 is 0 Å². The number of para-hydroxylation sites is 1. The van der Waals surface area contributed by atoms with Crippen molar-refractivity contribution in [2.24, 2.45) is 0 Å². The summed E-state index contributed by atoms with van der Waals surface area (Å²) in [4.78, 5) is 19.9. The summed E-state index contributed by atoms with van der Waals surface area (Å²) < 4.78 is 0. The summed E-state index contributed by atoms with van der Waals surface area (Å²) in [6.07, 6.45) is 0. The van der Waals surface area contributed by atoms with Crippen molar-refractivity contribution in [2.75, 3.05) is 13.1 Å². The first-order chi connectivity index (χ1) is 11.7. The van der Waals surface area contributed by atoms with Crippen LogP contribution in [0.15, 0.2) is 54.6 Å². The monoisotopic (exact) mass is 318 g/mol. The number of aryl methyl sites for hydroxylation is 1. The topological polar surface area (TPSA) is 33.2 Å². The molecule has 0 saturated carbocycles. The van der Waals surface area contributed by atoms with Gasteiger partial charge in [0.15, 0.2) is 0 Å². The lowest BCUT2D eigenvalue weighted by Gasteiger charge is -2.22. The van der Waals surface area contributed by atoms with Crippen LogP contribution in [0.5, 0.6) is 0 Å². The summed E-state index contributed by atoms with van der Waals surface area (Å²) >= 11 is 0. The second-order valence-corrected chi connectivity index (χ2v) is 5.81. The fraction of sp³-hybridized carbons (Fsp3) is 0.238. The van der Waals surface area contributed by atoms with Gasteiger partial charge in [0.05, 0.1) is 11.1 Å². The molecule has 3 rings (SSSR count). The molecule has 0 fully saturated rings. The summed E-state index contributed by atoms with van der Waals surface area (Å²) in [7, 11) is 0. The van der Waals surface area contributed by atoms with Gasteiger partial charge < -0.3 is 4.90 Å². The van der Waals surface area contributed by atoms with Crippen molar-refractivity contribution in [3.63, 3.8) is 0 Å². The fourth-order valence-electron chi connectivity index (χ4n) is 3.18. The number of rotatable bonds is 4. The van der Waals surface area contributed by atoms with E-state index in [0.29, 0.717) is 13.1 Å². The predicted molar refractivity (Wildman–Crippen MR) is 99.2 cm³/mol. The highest BCUT2D eigenvalue weighted by Gasteiger charge is 2.23. The van der Waals surface area contributed by atoms with Crippen LogP contribution in [0.25, 0.3) is 22.0 Å². The molecule has 1 amide bonds. The lowest BCUT2D eigenvalue weighted by Crippen LogP contribution is -2.31. The van der Waals surface area contributed by atoms with Crippen LogP contribution >= 0.6 is 0 Å². The zero-order chi connectivity index (χ0) is 17.1. The Hall–Kier alpha value is -2.68. The number of carbonyl (C=O) groups excluding carboxylic acids is 1. The number of pyridine rings is 1. The Labute approximate surface area is 143 Å². The molecule has 1 aromatic heterocycles. The Bertz CT molecular complexity index is 868. The molecule has 3 aromatic rings. The fourth-order valence-corrected chi connectivity index (χ4v) is 3.18. The molecule has 24 heavy (non-hydrogen) atoms. The standard InChI is InChI=1S/C21H22N2O/c1-4-23(5-2)21(24)20-17-13-9-10-14-18(17)22-15(3)19(20)16-11-7-6-8-12-16/h6-14H,4-5H2,1-3H3. The van der Waals surface area contributed by atoms with Crippen LogP contribution in [0.1, 0.15) is 29.9 Å². The van der Waals surface area contributed by atoms with Crippen LogP contribution in [0, 0.1) is 6.92 Å². The Morgan fingerprint density at radius 3 is 2.25 bits per heavy atom. The predicted octanol–water partition coefficient (Wildman–Crippen LogP) is 4.69. The number of fused-ring (bicyclic) bond motifs is 1. The number of carbonyl (C=O) groups is 1. The first-order valence-corrected chi connectivity index (χ1v) is 8.41. The van der Waals surface area contributed by atoms with E-state index in [1.165, 1.54) is 0 Å². The van der Waals surface area contributed by atoms with Gasteiger partial charge in [0.2, 0.25) is 0 Å². The lowest BCUT2D eigenvalue weighted by molar-refractivity contribution is 0.0775. The molecule has 2 aromatic carbocycles.